The van der Waals surface area contributed by atoms with E-state index < -0.39 is 15.8 Å². The second-order valence-corrected chi connectivity index (χ2v) is 8.61. The van der Waals surface area contributed by atoms with Crippen molar-refractivity contribution >= 4 is 39.2 Å². The fourth-order valence-electron chi connectivity index (χ4n) is 2.69. The quantitative estimate of drug-likeness (QED) is 0.518. The zero-order valence-electron chi connectivity index (χ0n) is 14.4. The summed E-state index contributed by atoms with van der Waals surface area (Å²) in [6, 6.07) is 13.7. The number of aromatic nitrogens is 1. The summed E-state index contributed by atoms with van der Waals surface area (Å²) < 4.78 is 39.5. The molecule has 0 amide bonds. The van der Waals surface area contributed by atoms with E-state index in [1.54, 1.807) is 44.2 Å². The lowest BCUT2D eigenvalue weighted by atomic mass is 10.0. The minimum absolute atomic E-state index is 0.0550. The van der Waals surface area contributed by atoms with Gasteiger partial charge >= 0.3 is 0 Å². The van der Waals surface area contributed by atoms with Crippen LogP contribution in [0.2, 0.25) is 5.02 Å². The highest BCUT2D eigenvalue weighted by Crippen LogP contribution is 2.33. The van der Waals surface area contributed by atoms with Gasteiger partial charge in [-0.05, 0) is 55.8 Å². The molecule has 0 unspecified atom stereocenters. The fourth-order valence-corrected chi connectivity index (χ4v) is 4.53. The van der Waals surface area contributed by atoms with Crippen molar-refractivity contribution in [2.45, 2.75) is 18.7 Å². The predicted octanol–water partition coefficient (Wildman–Crippen LogP) is 5.51. The van der Waals surface area contributed by atoms with Gasteiger partial charge < -0.3 is 0 Å². The van der Waals surface area contributed by atoms with E-state index in [1.165, 1.54) is 24.3 Å². The molecule has 0 radical (unpaired) electrons. The van der Waals surface area contributed by atoms with Crippen LogP contribution in [0.3, 0.4) is 0 Å². The number of sulfonamides is 1. The molecule has 4 nitrogen and oxygen atoms in total. The normalized spacial score (nSPS) is 11.4. The zero-order valence-corrected chi connectivity index (χ0v) is 16.8. The molecule has 0 aliphatic heterocycles. The Balaban J connectivity index is 2.01. The summed E-state index contributed by atoms with van der Waals surface area (Å²) in [6.45, 7) is 3.39. The third-order valence-electron chi connectivity index (χ3n) is 4.06. The van der Waals surface area contributed by atoms with Crippen LogP contribution >= 0.6 is 23.4 Å². The molecular formula is C19H15Cl2FN2O2S. The fraction of sp³-hybridized carbons (Fsp3) is 0.105. The highest BCUT2D eigenvalue weighted by atomic mass is 35.5. The molecule has 0 atom stereocenters. The van der Waals surface area contributed by atoms with Crippen LogP contribution in [0.1, 0.15) is 11.3 Å². The lowest BCUT2D eigenvalue weighted by Gasteiger charge is -2.18. The van der Waals surface area contributed by atoms with Crippen molar-refractivity contribution in [2.75, 3.05) is 3.82 Å². The molecule has 8 heteroatoms. The number of anilines is 1. The van der Waals surface area contributed by atoms with E-state index in [1.807, 2.05) is 0 Å². The standard InChI is InChI=1S/C19H15Cl2FN2O2S/c1-12-5-3-4-6-18(12)27(25,26)24(21)19-10-9-15(13(2)23-19)16-8-7-14(22)11-17(16)20/h3-11H,1-2H3. The largest absolute Gasteiger partial charge is 0.279 e. The van der Waals surface area contributed by atoms with E-state index in [9.17, 15) is 12.8 Å². The Bertz CT molecular complexity index is 1120. The average Bonchev–Trinajstić information content (AvgIpc) is 2.62. The lowest BCUT2D eigenvalue weighted by molar-refractivity contribution is 0.597. The Kier molecular flexibility index (Phi) is 5.42. The Labute approximate surface area is 167 Å². The van der Waals surface area contributed by atoms with Gasteiger partial charge in [0, 0.05) is 28.6 Å². The number of nitrogens with zero attached hydrogens (tertiary/aromatic N) is 2. The molecule has 2 aromatic carbocycles. The molecule has 1 aromatic heterocycles. The molecule has 0 fully saturated rings. The van der Waals surface area contributed by atoms with Crippen LogP contribution in [0.4, 0.5) is 10.2 Å². The van der Waals surface area contributed by atoms with Gasteiger partial charge in [-0.1, -0.05) is 29.8 Å². The topological polar surface area (TPSA) is 50.3 Å². The number of pyridine rings is 1. The van der Waals surface area contributed by atoms with E-state index in [0.717, 1.165) is 0 Å². The number of aryl methyl sites for hydroxylation is 2. The van der Waals surface area contributed by atoms with E-state index in [4.69, 9.17) is 23.4 Å². The molecule has 0 saturated heterocycles. The Morgan fingerprint density at radius 2 is 1.67 bits per heavy atom. The molecule has 0 aliphatic rings. The predicted molar refractivity (Wildman–Crippen MR) is 106 cm³/mol. The number of hydrogen-bond donors (Lipinski definition) is 0. The van der Waals surface area contributed by atoms with Crippen molar-refractivity contribution in [3.8, 4) is 11.1 Å². The number of benzene rings is 2. The second kappa shape index (κ2) is 7.46. The van der Waals surface area contributed by atoms with Crippen LogP contribution < -0.4 is 3.82 Å². The Hall–Kier alpha value is -2.15. The van der Waals surface area contributed by atoms with E-state index >= 15 is 0 Å². The van der Waals surface area contributed by atoms with Gasteiger partial charge in [-0.2, -0.15) is 12.2 Å². The van der Waals surface area contributed by atoms with Crippen molar-refractivity contribution in [3.63, 3.8) is 0 Å². The van der Waals surface area contributed by atoms with Crippen molar-refractivity contribution in [1.82, 2.24) is 4.98 Å². The van der Waals surface area contributed by atoms with E-state index in [0.29, 0.717) is 26.2 Å². The first-order valence-corrected chi connectivity index (χ1v) is 10.1. The van der Waals surface area contributed by atoms with Gasteiger partial charge in [-0.15, -0.1) is 0 Å². The molecule has 0 saturated carbocycles. The molecule has 140 valence electrons. The second-order valence-electron chi connectivity index (χ2n) is 5.91. The van der Waals surface area contributed by atoms with Gasteiger partial charge in [0.25, 0.3) is 10.0 Å². The molecule has 0 spiro atoms. The molecular weight excluding hydrogens is 410 g/mol. The third kappa shape index (κ3) is 3.78. The van der Waals surface area contributed by atoms with Crippen molar-refractivity contribution < 1.29 is 12.8 Å². The van der Waals surface area contributed by atoms with Crippen LogP contribution in [0, 0.1) is 19.7 Å². The summed E-state index contributed by atoms with van der Waals surface area (Å²) in [6.07, 6.45) is 0. The van der Waals surface area contributed by atoms with Crippen LogP contribution in [0.15, 0.2) is 59.5 Å². The average molecular weight is 425 g/mol. The monoisotopic (exact) mass is 424 g/mol. The maximum Gasteiger partial charge on any atom is 0.279 e. The van der Waals surface area contributed by atoms with Gasteiger partial charge in [-0.3, -0.25) is 0 Å². The maximum absolute atomic E-state index is 13.3. The molecule has 1 heterocycles. The SMILES string of the molecule is Cc1ccccc1S(=O)(=O)N(Cl)c1ccc(-c2ccc(F)cc2Cl)c(C)n1. The summed E-state index contributed by atoms with van der Waals surface area (Å²) in [5.74, 6) is -0.387. The highest BCUT2D eigenvalue weighted by molar-refractivity contribution is 7.94. The van der Waals surface area contributed by atoms with E-state index in [2.05, 4.69) is 4.98 Å². The zero-order chi connectivity index (χ0) is 19.8. The lowest BCUT2D eigenvalue weighted by Crippen LogP contribution is -2.23. The molecule has 27 heavy (non-hydrogen) atoms. The summed E-state index contributed by atoms with van der Waals surface area (Å²) in [5.41, 5.74) is 2.33. The van der Waals surface area contributed by atoms with Crippen molar-refractivity contribution in [2.24, 2.45) is 0 Å². The number of hydrogen-bond acceptors (Lipinski definition) is 3. The van der Waals surface area contributed by atoms with Gasteiger partial charge in [-0.25, -0.2) is 9.37 Å². The maximum atomic E-state index is 13.3. The van der Waals surface area contributed by atoms with Crippen LogP contribution in [0.25, 0.3) is 11.1 Å². The Morgan fingerprint density at radius 3 is 2.30 bits per heavy atom. The molecule has 0 N–H and O–H groups in total. The summed E-state index contributed by atoms with van der Waals surface area (Å²) in [5, 5.41) is 0.239. The van der Waals surface area contributed by atoms with Crippen LogP contribution in [0.5, 0.6) is 0 Å². The van der Waals surface area contributed by atoms with Gasteiger partial charge in [0.15, 0.2) is 5.82 Å². The molecule has 0 bridgehead atoms. The first kappa shape index (κ1) is 19.6. The smallest absolute Gasteiger partial charge is 0.233 e. The minimum atomic E-state index is -3.97. The van der Waals surface area contributed by atoms with Gasteiger partial charge in [0.05, 0.1) is 9.92 Å². The van der Waals surface area contributed by atoms with Gasteiger partial charge in [0.2, 0.25) is 0 Å². The Morgan fingerprint density at radius 1 is 1.00 bits per heavy atom. The van der Waals surface area contributed by atoms with Crippen molar-refractivity contribution in [3.05, 3.63) is 76.7 Å². The van der Waals surface area contributed by atoms with Crippen LogP contribution in [-0.4, -0.2) is 13.4 Å². The highest BCUT2D eigenvalue weighted by Gasteiger charge is 2.26. The first-order chi connectivity index (χ1) is 12.7. The van der Waals surface area contributed by atoms with Crippen molar-refractivity contribution in [1.29, 1.82) is 0 Å². The molecule has 0 aliphatic carbocycles. The van der Waals surface area contributed by atoms with Crippen LogP contribution in [-0.2, 0) is 10.0 Å². The first-order valence-electron chi connectivity index (χ1n) is 7.91. The molecule has 3 rings (SSSR count). The number of rotatable bonds is 4. The third-order valence-corrected chi connectivity index (χ3v) is 6.71. The number of halogens is 3. The summed E-state index contributed by atoms with van der Waals surface area (Å²) in [4.78, 5) is 4.40. The minimum Gasteiger partial charge on any atom is -0.233 e. The molecule has 3 aromatic rings. The van der Waals surface area contributed by atoms with Gasteiger partial charge in [0.1, 0.15) is 5.82 Å². The van der Waals surface area contributed by atoms with E-state index in [-0.39, 0.29) is 15.7 Å². The summed E-state index contributed by atoms with van der Waals surface area (Å²) in [7, 11) is -3.97. The summed E-state index contributed by atoms with van der Waals surface area (Å²) >= 11 is 12.2.